The molecule has 0 saturated carbocycles. The Labute approximate surface area is 152 Å². The summed E-state index contributed by atoms with van der Waals surface area (Å²) >= 11 is 5.18. The highest BCUT2D eigenvalue weighted by atomic mass is 32.2. The Morgan fingerprint density at radius 3 is 1.80 bits per heavy atom. The number of nitrogens with one attached hydrogen (secondary N) is 3. The van der Waals surface area contributed by atoms with Crippen LogP contribution in [0.3, 0.4) is 0 Å². The zero-order valence-electron chi connectivity index (χ0n) is 14.1. The van der Waals surface area contributed by atoms with E-state index in [-0.39, 0.29) is 10.7 Å². The van der Waals surface area contributed by atoms with Gasteiger partial charge in [0, 0.05) is 16.9 Å². The molecular formula is C17H20FN3O2S2. The lowest BCUT2D eigenvalue weighted by molar-refractivity contribution is 0.491. The normalized spacial score (nSPS) is 11.8. The Morgan fingerprint density at radius 1 is 0.920 bits per heavy atom. The minimum Gasteiger partial charge on any atom is -0.332 e. The van der Waals surface area contributed by atoms with E-state index in [0.29, 0.717) is 16.5 Å². The molecule has 2 aromatic rings. The van der Waals surface area contributed by atoms with Gasteiger partial charge in [-0.05, 0) is 81.5 Å². The zero-order valence-corrected chi connectivity index (χ0v) is 15.8. The summed E-state index contributed by atoms with van der Waals surface area (Å²) in [6.07, 6.45) is 0. The lowest BCUT2D eigenvalue weighted by Gasteiger charge is -2.20. The van der Waals surface area contributed by atoms with Crippen molar-refractivity contribution in [3.05, 3.63) is 54.3 Å². The molecule has 0 atom stereocenters. The number of thiocarbonyl (C=S) groups is 1. The molecule has 2 aromatic carbocycles. The molecular weight excluding hydrogens is 361 g/mol. The molecule has 2 rings (SSSR count). The molecule has 0 aromatic heterocycles. The van der Waals surface area contributed by atoms with Crippen molar-refractivity contribution in [2.45, 2.75) is 31.2 Å². The monoisotopic (exact) mass is 381 g/mol. The van der Waals surface area contributed by atoms with Gasteiger partial charge < -0.3 is 10.6 Å². The summed E-state index contributed by atoms with van der Waals surface area (Å²) in [6, 6.07) is 12.0. The van der Waals surface area contributed by atoms with Gasteiger partial charge in [-0.1, -0.05) is 0 Å². The van der Waals surface area contributed by atoms with Gasteiger partial charge in [0.1, 0.15) is 5.82 Å². The van der Waals surface area contributed by atoms with Gasteiger partial charge in [-0.2, -0.15) is 0 Å². The first-order chi connectivity index (χ1) is 11.5. The van der Waals surface area contributed by atoms with E-state index in [1.54, 1.807) is 45.0 Å². The lowest BCUT2D eigenvalue weighted by Crippen LogP contribution is -2.40. The molecule has 5 nitrogen and oxygen atoms in total. The van der Waals surface area contributed by atoms with E-state index in [1.807, 2.05) is 0 Å². The quantitative estimate of drug-likeness (QED) is 0.705. The fraction of sp³-hybridized carbons (Fsp3) is 0.235. The van der Waals surface area contributed by atoms with Crippen molar-refractivity contribution in [1.29, 1.82) is 0 Å². The molecule has 0 saturated heterocycles. The first-order valence-electron chi connectivity index (χ1n) is 7.53. The van der Waals surface area contributed by atoms with Crippen molar-refractivity contribution < 1.29 is 12.8 Å². The molecule has 0 heterocycles. The maximum absolute atomic E-state index is 12.9. The Hall–Kier alpha value is -2.03. The van der Waals surface area contributed by atoms with Gasteiger partial charge in [-0.25, -0.2) is 17.5 Å². The van der Waals surface area contributed by atoms with Gasteiger partial charge in [-0.3, -0.25) is 0 Å². The second-order valence-electron chi connectivity index (χ2n) is 6.47. The number of hydrogen-bond acceptors (Lipinski definition) is 3. The van der Waals surface area contributed by atoms with Crippen LogP contribution < -0.4 is 15.4 Å². The van der Waals surface area contributed by atoms with E-state index in [0.717, 1.165) is 0 Å². The van der Waals surface area contributed by atoms with Crippen molar-refractivity contribution in [3.63, 3.8) is 0 Å². The Bertz CT molecular complexity index is 843. The average molecular weight is 381 g/mol. The van der Waals surface area contributed by atoms with E-state index in [1.165, 1.54) is 24.3 Å². The predicted molar refractivity (Wildman–Crippen MR) is 103 cm³/mol. The first kappa shape index (κ1) is 19.3. The highest BCUT2D eigenvalue weighted by Crippen LogP contribution is 2.17. The number of benzene rings is 2. The molecule has 0 aliphatic rings. The number of sulfonamides is 1. The standard InChI is InChI=1S/C17H20FN3O2S2/c1-17(2,3)21-25(22,23)15-10-8-14(9-11-15)20-16(24)19-13-6-4-12(18)5-7-13/h4-11,21H,1-3H3,(H2,19,20,24). The number of hydrogen-bond donors (Lipinski definition) is 3. The third-order valence-corrected chi connectivity index (χ3v) is 4.94. The van der Waals surface area contributed by atoms with Crippen LogP contribution in [0.5, 0.6) is 0 Å². The Morgan fingerprint density at radius 2 is 1.36 bits per heavy atom. The number of halogens is 1. The van der Waals surface area contributed by atoms with E-state index in [9.17, 15) is 12.8 Å². The zero-order chi connectivity index (χ0) is 18.7. The van der Waals surface area contributed by atoms with Gasteiger partial charge in [0.15, 0.2) is 5.11 Å². The highest BCUT2D eigenvalue weighted by Gasteiger charge is 2.21. The summed E-state index contributed by atoms with van der Waals surface area (Å²) in [7, 11) is -3.58. The Kier molecular flexibility index (Phi) is 5.76. The van der Waals surface area contributed by atoms with Gasteiger partial charge >= 0.3 is 0 Å². The van der Waals surface area contributed by atoms with Crippen molar-refractivity contribution in [1.82, 2.24) is 4.72 Å². The van der Waals surface area contributed by atoms with E-state index < -0.39 is 15.6 Å². The van der Waals surface area contributed by atoms with Gasteiger partial charge in [0.05, 0.1) is 4.90 Å². The molecule has 0 aliphatic heterocycles. The fourth-order valence-electron chi connectivity index (χ4n) is 2.01. The van der Waals surface area contributed by atoms with Crippen LogP contribution >= 0.6 is 12.2 Å². The minimum atomic E-state index is -3.58. The van der Waals surface area contributed by atoms with E-state index in [4.69, 9.17) is 12.2 Å². The molecule has 25 heavy (non-hydrogen) atoms. The van der Waals surface area contributed by atoms with Crippen LogP contribution in [0.4, 0.5) is 15.8 Å². The second kappa shape index (κ2) is 7.47. The average Bonchev–Trinajstić information content (AvgIpc) is 2.48. The molecule has 8 heteroatoms. The SMILES string of the molecule is CC(C)(C)NS(=O)(=O)c1ccc(NC(=S)Nc2ccc(F)cc2)cc1. The van der Waals surface area contributed by atoms with Crippen LogP contribution in [0.2, 0.25) is 0 Å². The van der Waals surface area contributed by atoms with Crippen LogP contribution in [0.25, 0.3) is 0 Å². The maximum Gasteiger partial charge on any atom is 0.241 e. The third kappa shape index (κ3) is 6.08. The van der Waals surface area contributed by atoms with Crippen LogP contribution in [0.1, 0.15) is 20.8 Å². The fourth-order valence-corrected chi connectivity index (χ4v) is 3.66. The van der Waals surface area contributed by atoms with Crippen molar-refractivity contribution in [2.24, 2.45) is 0 Å². The topological polar surface area (TPSA) is 70.2 Å². The number of anilines is 2. The molecule has 134 valence electrons. The van der Waals surface area contributed by atoms with Crippen LogP contribution in [-0.2, 0) is 10.0 Å². The summed E-state index contributed by atoms with van der Waals surface area (Å²) in [5.74, 6) is -0.329. The molecule has 0 amide bonds. The van der Waals surface area contributed by atoms with Gasteiger partial charge in [0.2, 0.25) is 10.0 Å². The molecule has 3 N–H and O–H groups in total. The molecule has 0 radical (unpaired) electrons. The first-order valence-corrected chi connectivity index (χ1v) is 9.42. The summed E-state index contributed by atoms with van der Waals surface area (Å²) in [5, 5.41) is 6.17. The summed E-state index contributed by atoms with van der Waals surface area (Å²) in [5.41, 5.74) is 0.720. The van der Waals surface area contributed by atoms with Gasteiger partial charge in [0.25, 0.3) is 0 Å². The maximum atomic E-state index is 12.9. The Balaban J connectivity index is 2.02. The number of rotatable bonds is 4. The third-order valence-electron chi connectivity index (χ3n) is 2.97. The summed E-state index contributed by atoms with van der Waals surface area (Å²) in [4.78, 5) is 0.172. The van der Waals surface area contributed by atoms with Crippen molar-refractivity contribution >= 4 is 38.7 Å². The molecule has 0 fully saturated rings. The highest BCUT2D eigenvalue weighted by molar-refractivity contribution is 7.89. The second-order valence-corrected chi connectivity index (χ2v) is 8.56. The molecule has 0 aliphatic carbocycles. The van der Waals surface area contributed by atoms with E-state index in [2.05, 4.69) is 15.4 Å². The van der Waals surface area contributed by atoms with Crippen LogP contribution in [0.15, 0.2) is 53.4 Å². The largest absolute Gasteiger partial charge is 0.332 e. The summed E-state index contributed by atoms with van der Waals surface area (Å²) < 4.78 is 40.0. The molecule has 0 spiro atoms. The minimum absolute atomic E-state index is 0.172. The van der Waals surface area contributed by atoms with Crippen molar-refractivity contribution in [2.75, 3.05) is 10.6 Å². The molecule has 0 unspecified atom stereocenters. The van der Waals surface area contributed by atoms with E-state index >= 15 is 0 Å². The predicted octanol–water partition coefficient (Wildman–Crippen LogP) is 3.71. The smallest absolute Gasteiger partial charge is 0.241 e. The molecule has 0 bridgehead atoms. The van der Waals surface area contributed by atoms with Crippen LogP contribution in [-0.4, -0.2) is 19.1 Å². The van der Waals surface area contributed by atoms with Crippen LogP contribution in [0, 0.1) is 5.82 Å². The van der Waals surface area contributed by atoms with Gasteiger partial charge in [-0.15, -0.1) is 0 Å². The lowest BCUT2D eigenvalue weighted by atomic mass is 10.1. The van der Waals surface area contributed by atoms with Crippen molar-refractivity contribution in [3.8, 4) is 0 Å². The summed E-state index contributed by atoms with van der Waals surface area (Å²) in [6.45, 7) is 5.33.